The molecule has 0 saturated carbocycles. The lowest BCUT2D eigenvalue weighted by Crippen LogP contribution is -2.26. The van der Waals surface area contributed by atoms with Crippen LogP contribution in [0.15, 0.2) is 83.5 Å². The van der Waals surface area contributed by atoms with E-state index in [4.69, 9.17) is 14.3 Å². The van der Waals surface area contributed by atoms with E-state index in [1.54, 1.807) is 37.3 Å². The van der Waals surface area contributed by atoms with Crippen molar-refractivity contribution in [3.63, 3.8) is 0 Å². The predicted molar refractivity (Wildman–Crippen MR) is 122 cm³/mol. The van der Waals surface area contributed by atoms with E-state index >= 15 is 0 Å². The van der Waals surface area contributed by atoms with Crippen LogP contribution in [0.3, 0.4) is 0 Å². The monoisotopic (exact) mass is 433 g/mol. The van der Waals surface area contributed by atoms with Gasteiger partial charge in [0, 0.05) is 30.3 Å². The summed E-state index contributed by atoms with van der Waals surface area (Å²) in [4.78, 5) is 25.4. The zero-order valence-corrected chi connectivity index (χ0v) is 18.2. The molecule has 0 spiro atoms. The number of hydrogen-bond acceptors (Lipinski definition) is 4. The lowest BCUT2D eigenvalue weighted by atomic mass is 10.1. The molecule has 3 aromatic rings. The number of amides is 1. The van der Waals surface area contributed by atoms with E-state index in [1.165, 1.54) is 0 Å². The predicted octanol–water partition coefficient (Wildman–Crippen LogP) is 5.26. The number of furan rings is 1. The summed E-state index contributed by atoms with van der Waals surface area (Å²) in [5, 5.41) is 8.92. The SMILES string of the molecule is CC(CC=CCOc1ccccc1CN(C)C(=O)c1ccc(-c2ccco2)cc1)C(=O)O. The molecule has 1 atom stereocenters. The highest BCUT2D eigenvalue weighted by molar-refractivity contribution is 5.94. The number of para-hydroxylation sites is 1. The molecule has 1 heterocycles. The second-order valence-electron chi connectivity index (χ2n) is 7.58. The molecule has 0 aliphatic rings. The van der Waals surface area contributed by atoms with Gasteiger partial charge in [0.05, 0.1) is 12.2 Å². The zero-order valence-electron chi connectivity index (χ0n) is 18.2. The molecule has 1 amide bonds. The number of carbonyl (C=O) groups excluding carboxylic acids is 1. The van der Waals surface area contributed by atoms with Crippen molar-refractivity contribution in [2.75, 3.05) is 13.7 Å². The molecule has 1 aromatic heterocycles. The third-order valence-corrected chi connectivity index (χ3v) is 5.08. The van der Waals surface area contributed by atoms with Gasteiger partial charge in [-0.1, -0.05) is 49.4 Å². The lowest BCUT2D eigenvalue weighted by Gasteiger charge is -2.19. The third-order valence-electron chi connectivity index (χ3n) is 5.08. The number of carboxylic acids is 1. The summed E-state index contributed by atoms with van der Waals surface area (Å²) in [5.41, 5.74) is 2.40. The topological polar surface area (TPSA) is 80.0 Å². The first-order chi connectivity index (χ1) is 15.5. The fourth-order valence-electron chi connectivity index (χ4n) is 3.15. The molecule has 0 radical (unpaired) electrons. The second kappa shape index (κ2) is 11.0. The van der Waals surface area contributed by atoms with E-state index in [2.05, 4.69) is 0 Å². The smallest absolute Gasteiger partial charge is 0.306 e. The number of ether oxygens (including phenoxy) is 1. The minimum Gasteiger partial charge on any atom is -0.489 e. The van der Waals surface area contributed by atoms with Crippen molar-refractivity contribution < 1.29 is 23.8 Å². The number of hydrogen-bond donors (Lipinski definition) is 1. The van der Waals surface area contributed by atoms with Crippen LogP contribution in [0.25, 0.3) is 11.3 Å². The van der Waals surface area contributed by atoms with Crippen LogP contribution in [0.2, 0.25) is 0 Å². The molecule has 0 bridgehead atoms. The lowest BCUT2D eigenvalue weighted by molar-refractivity contribution is -0.140. The van der Waals surface area contributed by atoms with Gasteiger partial charge in [-0.05, 0) is 36.8 Å². The summed E-state index contributed by atoms with van der Waals surface area (Å²) < 4.78 is 11.2. The Hall–Kier alpha value is -3.80. The molecule has 0 aliphatic carbocycles. The number of carbonyl (C=O) groups is 2. The normalized spacial score (nSPS) is 11.9. The van der Waals surface area contributed by atoms with Crippen molar-refractivity contribution in [1.82, 2.24) is 4.90 Å². The first-order valence-electron chi connectivity index (χ1n) is 10.4. The van der Waals surface area contributed by atoms with E-state index in [0.717, 1.165) is 16.9 Å². The van der Waals surface area contributed by atoms with E-state index in [9.17, 15) is 9.59 Å². The summed E-state index contributed by atoms with van der Waals surface area (Å²) in [6.45, 7) is 2.39. The first kappa shape index (κ1) is 22.9. The Morgan fingerprint density at radius 2 is 1.81 bits per heavy atom. The Kier molecular flexibility index (Phi) is 7.86. The van der Waals surface area contributed by atoms with Crippen LogP contribution in [-0.4, -0.2) is 35.5 Å². The Labute approximate surface area is 187 Å². The fraction of sp³-hybridized carbons (Fsp3) is 0.231. The fourth-order valence-corrected chi connectivity index (χ4v) is 3.15. The van der Waals surface area contributed by atoms with Crippen molar-refractivity contribution in [2.24, 2.45) is 5.92 Å². The van der Waals surface area contributed by atoms with Crippen LogP contribution >= 0.6 is 0 Å². The van der Waals surface area contributed by atoms with Crippen molar-refractivity contribution in [3.8, 4) is 17.1 Å². The first-order valence-corrected chi connectivity index (χ1v) is 10.4. The summed E-state index contributed by atoms with van der Waals surface area (Å²) in [6.07, 6.45) is 5.69. The molecular formula is C26H27NO5. The summed E-state index contributed by atoms with van der Waals surface area (Å²) in [6, 6.07) is 18.6. The van der Waals surface area contributed by atoms with E-state index in [1.807, 2.05) is 60.7 Å². The van der Waals surface area contributed by atoms with Gasteiger partial charge in [-0.25, -0.2) is 0 Å². The van der Waals surface area contributed by atoms with Gasteiger partial charge in [-0.3, -0.25) is 9.59 Å². The van der Waals surface area contributed by atoms with Crippen molar-refractivity contribution in [2.45, 2.75) is 19.9 Å². The number of rotatable bonds is 10. The molecule has 0 fully saturated rings. The van der Waals surface area contributed by atoms with Gasteiger partial charge in [0.25, 0.3) is 5.91 Å². The Balaban J connectivity index is 1.59. The highest BCUT2D eigenvalue weighted by atomic mass is 16.5. The Morgan fingerprint density at radius 1 is 1.06 bits per heavy atom. The van der Waals surface area contributed by atoms with Crippen LogP contribution in [0.1, 0.15) is 29.3 Å². The van der Waals surface area contributed by atoms with Crippen molar-refractivity contribution >= 4 is 11.9 Å². The van der Waals surface area contributed by atoms with Gasteiger partial charge in [0.15, 0.2) is 0 Å². The number of carboxylic acid groups (broad SMARTS) is 1. The highest BCUT2D eigenvalue weighted by Gasteiger charge is 2.15. The van der Waals surface area contributed by atoms with Gasteiger partial charge in [-0.2, -0.15) is 0 Å². The summed E-state index contributed by atoms with van der Waals surface area (Å²) in [5.74, 6) is 0.120. The van der Waals surface area contributed by atoms with Crippen molar-refractivity contribution in [1.29, 1.82) is 0 Å². The van der Waals surface area contributed by atoms with Gasteiger partial charge in [0.1, 0.15) is 18.1 Å². The van der Waals surface area contributed by atoms with Gasteiger partial charge in [-0.15, -0.1) is 0 Å². The van der Waals surface area contributed by atoms with E-state index < -0.39 is 11.9 Å². The van der Waals surface area contributed by atoms with Crippen LogP contribution in [0.5, 0.6) is 5.75 Å². The largest absolute Gasteiger partial charge is 0.489 e. The maximum Gasteiger partial charge on any atom is 0.306 e. The summed E-state index contributed by atoms with van der Waals surface area (Å²) in [7, 11) is 1.76. The number of allylic oxidation sites excluding steroid dienone is 1. The minimum absolute atomic E-state index is 0.0895. The van der Waals surface area contributed by atoms with Gasteiger partial charge < -0.3 is 19.2 Å². The molecule has 1 unspecified atom stereocenters. The zero-order chi connectivity index (χ0) is 22.9. The van der Waals surface area contributed by atoms with Gasteiger partial charge >= 0.3 is 5.97 Å². The number of benzene rings is 2. The van der Waals surface area contributed by atoms with Crippen LogP contribution in [0, 0.1) is 5.92 Å². The maximum atomic E-state index is 12.9. The molecule has 1 N–H and O–H groups in total. The standard InChI is InChI=1S/C26H27NO5/c1-19(26(29)30)8-5-6-16-31-24-10-4-3-9-22(24)18-27(2)25(28)21-14-12-20(13-15-21)23-11-7-17-32-23/h3-7,9-15,17,19H,8,16,18H2,1-2H3,(H,29,30). The van der Waals surface area contributed by atoms with Crippen LogP contribution < -0.4 is 4.74 Å². The molecule has 0 saturated heterocycles. The number of nitrogens with zero attached hydrogens (tertiary/aromatic N) is 1. The van der Waals surface area contributed by atoms with Crippen LogP contribution in [0.4, 0.5) is 0 Å². The molecule has 3 rings (SSSR count). The molecule has 2 aromatic carbocycles. The Bertz CT molecular complexity index is 1050. The van der Waals surface area contributed by atoms with Crippen molar-refractivity contribution in [3.05, 3.63) is 90.2 Å². The molecule has 6 nitrogen and oxygen atoms in total. The van der Waals surface area contributed by atoms with Crippen LogP contribution in [-0.2, 0) is 11.3 Å². The number of aliphatic carboxylic acids is 1. The maximum absolute atomic E-state index is 12.9. The van der Waals surface area contributed by atoms with E-state index in [0.29, 0.717) is 30.9 Å². The Morgan fingerprint density at radius 3 is 2.50 bits per heavy atom. The van der Waals surface area contributed by atoms with Gasteiger partial charge in [0.2, 0.25) is 0 Å². The minimum atomic E-state index is -0.816. The molecule has 0 aliphatic heterocycles. The second-order valence-corrected chi connectivity index (χ2v) is 7.58. The third kappa shape index (κ3) is 6.11. The highest BCUT2D eigenvalue weighted by Crippen LogP contribution is 2.22. The molecule has 6 heteroatoms. The molecule has 166 valence electrons. The molecule has 32 heavy (non-hydrogen) atoms. The average Bonchev–Trinajstić information content (AvgIpc) is 3.34. The molecular weight excluding hydrogens is 406 g/mol. The summed E-state index contributed by atoms with van der Waals surface area (Å²) >= 11 is 0. The average molecular weight is 434 g/mol. The quantitative estimate of drug-likeness (QED) is 0.441. The van der Waals surface area contributed by atoms with E-state index in [-0.39, 0.29) is 5.91 Å².